The van der Waals surface area contributed by atoms with Crippen LogP contribution in [0.4, 0.5) is 10.1 Å². The molecule has 0 unspecified atom stereocenters. The third-order valence-electron chi connectivity index (χ3n) is 6.10. The van der Waals surface area contributed by atoms with Crippen LogP contribution in [-0.2, 0) is 21.8 Å². The van der Waals surface area contributed by atoms with E-state index in [-0.39, 0.29) is 34.1 Å². The summed E-state index contributed by atoms with van der Waals surface area (Å²) in [4.78, 5) is 1.74. The minimum atomic E-state index is -3.80. The van der Waals surface area contributed by atoms with E-state index >= 15 is 4.39 Å². The summed E-state index contributed by atoms with van der Waals surface area (Å²) in [6, 6.07) is 9.10. The second-order valence-electron chi connectivity index (χ2n) is 8.92. The quantitative estimate of drug-likeness (QED) is 0.572. The zero-order chi connectivity index (χ0) is 23.4. The molecule has 33 heavy (non-hydrogen) atoms. The molecule has 0 bridgehead atoms. The monoisotopic (exact) mass is 491 g/mol. The average Bonchev–Trinajstić information content (AvgIpc) is 3.19. The zero-order valence-corrected chi connectivity index (χ0v) is 19.5. The predicted octanol–water partition coefficient (Wildman–Crippen LogP) is 2.51. The van der Waals surface area contributed by atoms with Gasteiger partial charge >= 0.3 is 0 Å². The van der Waals surface area contributed by atoms with Gasteiger partial charge in [-0.3, -0.25) is 0 Å². The Balaban J connectivity index is 1.60. The van der Waals surface area contributed by atoms with Crippen molar-refractivity contribution in [3.8, 4) is 11.5 Å². The lowest BCUT2D eigenvalue weighted by Gasteiger charge is -2.35. The number of aromatic nitrogens is 2. The van der Waals surface area contributed by atoms with Gasteiger partial charge in [-0.25, -0.2) is 12.8 Å². The van der Waals surface area contributed by atoms with E-state index in [4.69, 9.17) is 21.8 Å². The summed E-state index contributed by atoms with van der Waals surface area (Å²) in [5.74, 6) is -0.591. The highest BCUT2D eigenvalue weighted by molar-refractivity contribution is 7.91. The van der Waals surface area contributed by atoms with E-state index in [0.717, 1.165) is 11.6 Å². The molecule has 8 nitrogen and oxygen atoms in total. The van der Waals surface area contributed by atoms with Crippen molar-refractivity contribution in [1.29, 1.82) is 0 Å². The van der Waals surface area contributed by atoms with Crippen molar-refractivity contribution in [3.63, 3.8) is 0 Å². The summed E-state index contributed by atoms with van der Waals surface area (Å²) in [6.07, 6.45) is 0. The SMILES string of the molecule is CC1(c2nnc(-c3cc4c(cc3F)S(=O)(=O)C[C@H](N)CN4Cc3ccc(Cl)cc3)o2)CNC1. The summed E-state index contributed by atoms with van der Waals surface area (Å²) >= 11 is 6.00. The van der Waals surface area contributed by atoms with Crippen molar-refractivity contribution in [3.05, 3.63) is 58.7 Å². The molecule has 2 aromatic carbocycles. The zero-order valence-electron chi connectivity index (χ0n) is 17.9. The number of nitrogens with one attached hydrogen (secondary N) is 1. The minimum absolute atomic E-state index is 0.0100. The lowest BCUT2D eigenvalue weighted by molar-refractivity contribution is 0.244. The molecule has 1 aromatic heterocycles. The Hall–Kier alpha value is -2.53. The summed E-state index contributed by atoms with van der Waals surface area (Å²) in [6.45, 7) is 4.00. The van der Waals surface area contributed by atoms with Crippen LogP contribution in [0.15, 0.2) is 45.7 Å². The lowest BCUT2D eigenvalue weighted by Crippen LogP contribution is -2.54. The van der Waals surface area contributed by atoms with Crippen molar-refractivity contribution >= 4 is 27.1 Å². The third kappa shape index (κ3) is 4.12. The predicted molar refractivity (Wildman–Crippen MR) is 122 cm³/mol. The normalized spacial score (nSPS) is 21.2. The Morgan fingerprint density at radius 1 is 1.27 bits per heavy atom. The molecule has 0 spiro atoms. The summed E-state index contributed by atoms with van der Waals surface area (Å²) in [7, 11) is -3.80. The van der Waals surface area contributed by atoms with Gasteiger partial charge in [-0.05, 0) is 36.8 Å². The van der Waals surface area contributed by atoms with Gasteiger partial charge in [0, 0.05) is 37.2 Å². The number of anilines is 1. The van der Waals surface area contributed by atoms with Gasteiger partial charge in [0.05, 0.1) is 27.3 Å². The Bertz CT molecular complexity index is 1310. The van der Waals surface area contributed by atoms with E-state index in [1.165, 1.54) is 6.07 Å². The largest absolute Gasteiger partial charge is 0.420 e. The first-order chi connectivity index (χ1) is 15.6. The second kappa shape index (κ2) is 8.05. The van der Waals surface area contributed by atoms with Crippen LogP contribution < -0.4 is 16.0 Å². The Labute approximate surface area is 195 Å². The van der Waals surface area contributed by atoms with Crippen LogP contribution in [0.2, 0.25) is 5.02 Å². The smallest absolute Gasteiger partial charge is 0.250 e. The fourth-order valence-corrected chi connectivity index (χ4v) is 5.96. The molecule has 0 saturated carbocycles. The Morgan fingerprint density at radius 2 is 2.00 bits per heavy atom. The molecular formula is C22H23ClFN5O3S. The van der Waals surface area contributed by atoms with Crippen molar-refractivity contribution < 1.29 is 17.2 Å². The second-order valence-corrected chi connectivity index (χ2v) is 11.4. The summed E-state index contributed by atoms with van der Waals surface area (Å²) in [5, 5.41) is 11.9. The molecule has 3 heterocycles. The number of hydrogen-bond donors (Lipinski definition) is 2. The van der Waals surface area contributed by atoms with Crippen LogP contribution in [0.5, 0.6) is 0 Å². The summed E-state index contributed by atoms with van der Waals surface area (Å²) < 4.78 is 46.9. The van der Waals surface area contributed by atoms with Crippen molar-refractivity contribution in [2.75, 3.05) is 30.3 Å². The molecule has 11 heteroatoms. The van der Waals surface area contributed by atoms with Gasteiger partial charge in [0.1, 0.15) is 5.82 Å². The molecule has 5 rings (SSSR count). The minimum Gasteiger partial charge on any atom is -0.420 e. The van der Waals surface area contributed by atoms with E-state index in [9.17, 15) is 8.42 Å². The van der Waals surface area contributed by atoms with Gasteiger partial charge in [0.2, 0.25) is 5.89 Å². The Morgan fingerprint density at radius 3 is 2.67 bits per heavy atom. The molecule has 2 aliphatic rings. The number of sulfone groups is 1. The topological polar surface area (TPSA) is 114 Å². The van der Waals surface area contributed by atoms with Crippen molar-refractivity contribution in [1.82, 2.24) is 15.5 Å². The average molecular weight is 492 g/mol. The highest BCUT2D eigenvalue weighted by Gasteiger charge is 2.39. The number of hydrogen-bond acceptors (Lipinski definition) is 8. The Kier molecular flexibility index (Phi) is 5.43. The fraction of sp³-hybridized carbons (Fsp3) is 0.364. The first kappa shape index (κ1) is 22.3. The number of benzene rings is 2. The van der Waals surface area contributed by atoms with Crippen LogP contribution in [-0.4, -0.2) is 50.0 Å². The highest BCUT2D eigenvalue weighted by Crippen LogP contribution is 2.37. The first-order valence-electron chi connectivity index (χ1n) is 10.5. The van der Waals surface area contributed by atoms with E-state index in [0.29, 0.717) is 36.2 Å². The lowest BCUT2D eigenvalue weighted by atomic mass is 9.84. The number of nitrogens with two attached hydrogens (primary N) is 1. The number of rotatable bonds is 4. The maximum atomic E-state index is 15.2. The highest BCUT2D eigenvalue weighted by atomic mass is 35.5. The van der Waals surface area contributed by atoms with Crippen molar-refractivity contribution in [2.45, 2.75) is 29.8 Å². The van der Waals surface area contributed by atoms with Gasteiger partial charge in [0.25, 0.3) is 5.89 Å². The molecule has 174 valence electrons. The van der Waals surface area contributed by atoms with Crippen LogP contribution in [0.1, 0.15) is 18.4 Å². The first-order valence-corrected chi connectivity index (χ1v) is 12.5. The molecule has 1 saturated heterocycles. The van der Waals surface area contributed by atoms with Gasteiger partial charge in [-0.2, -0.15) is 0 Å². The number of fused-ring (bicyclic) bond motifs is 1. The van der Waals surface area contributed by atoms with E-state index in [1.807, 2.05) is 24.0 Å². The van der Waals surface area contributed by atoms with E-state index < -0.39 is 21.7 Å². The van der Waals surface area contributed by atoms with Crippen LogP contribution in [0, 0.1) is 5.82 Å². The molecule has 3 aromatic rings. The molecule has 1 atom stereocenters. The van der Waals surface area contributed by atoms with Crippen LogP contribution in [0.3, 0.4) is 0 Å². The standard InChI is InChI=1S/C22H23ClFN5O3S/c1-22(11-26-12-22)21-28-27-20(32-21)16-6-18-19(7-17(16)24)33(30,31)10-15(25)9-29(18)8-13-2-4-14(23)5-3-13/h2-7,15,26H,8-12,25H2,1H3/t15-/m1/s1. The van der Waals surface area contributed by atoms with Crippen LogP contribution >= 0.6 is 11.6 Å². The molecule has 0 radical (unpaired) electrons. The van der Waals surface area contributed by atoms with Gasteiger partial charge in [0.15, 0.2) is 9.84 Å². The molecule has 0 aliphatic carbocycles. The van der Waals surface area contributed by atoms with Gasteiger partial charge < -0.3 is 20.4 Å². The van der Waals surface area contributed by atoms with Gasteiger partial charge in [-0.1, -0.05) is 23.7 Å². The molecule has 1 fully saturated rings. The molecule has 2 aliphatic heterocycles. The van der Waals surface area contributed by atoms with Crippen molar-refractivity contribution in [2.24, 2.45) is 5.73 Å². The fourth-order valence-electron chi connectivity index (χ4n) is 4.20. The molecule has 3 N–H and O–H groups in total. The maximum absolute atomic E-state index is 15.2. The van der Waals surface area contributed by atoms with E-state index in [2.05, 4.69) is 15.5 Å². The van der Waals surface area contributed by atoms with E-state index in [1.54, 1.807) is 12.1 Å². The molecule has 0 amide bonds. The number of nitrogens with zero attached hydrogens (tertiary/aromatic N) is 3. The number of halogens is 2. The maximum Gasteiger partial charge on any atom is 0.250 e. The third-order valence-corrected chi connectivity index (χ3v) is 8.22. The van der Waals surface area contributed by atoms with Gasteiger partial charge in [-0.15, -0.1) is 10.2 Å². The molecular weight excluding hydrogens is 469 g/mol. The van der Waals surface area contributed by atoms with Crippen LogP contribution in [0.25, 0.3) is 11.5 Å². The summed E-state index contributed by atoms with van der Waals surface area (Å²) in [5.41, 5.74) is 7.15.